The van der Waals surface area contributed by atoms with E-state index in [0.29, 0.717) is 6.42 Å². The van der Waals surface area contributed by atoms with Crippen LogP contribution in [0.5, 0.6) is 0 Å². The maximum absolute atomic E-state index is 10.5. The number of hydrogen-bond acceptors (Lipinski definition) is 3. The number of rotatable bonds is 4. The van der Waals surface area contributed by atoms with Gasteiger partial charge in [0.1, 0.15) is 0 Å². The average molecular weight is 258 g/mol. The minimum Gasteiger partial charge on any atom is -0.391 e. The van der Waals surface area contributed by atoms with Crippen LogP contribution in [0.4, 0.5) is 0 Å². The molecule has 19 heavy (non-hydrogen) atoms. The number of aromatic nitrogens is 1. The lowest BCUT2D eigenvalue weighted by Gasteiger charge is -2.37. The Hall–Kier alpha value is -1.45. The van der Waals surface area contributed by atoms with Gasteiger partial charge in [0, 0.05) is 23.5 Å². The quantitative estimate of drug-likeness (QED) is 0.915. The Morgan fingerprint density at radius 2 is 1.89 bits per heavy atom. The Morgan fingerprint density at radius 1 is 1.21 bits per heavy atom. The molecule has 1 atom stereocenters. The summed E-state index contributed by atoms with van der Waals surface area (Å²) in [6.45, 7) is 4.11. The van der Waals surface area contributed by atoms with E-state index < -0.39 is 6.10 Å². The van der Waals surface area contributed by atoms with E-state index in [1.54, 1.807) is 0 Å². The maximum atomic E-state index is 10.5. The number of aliphatic hydroxyl groups is 1. The van der Waals surface area contributed by atoms with Gasteiger partial charge >= 0.3 is 0 Å². The van der Waals surface area contributed by atoms with Crippen molar-refractivity contribution in [1.82, 2.24) is 9.88 Å². The van der Waals surface area contributed by atoms with Crippen molar-refractivity contribution in [3.8, 4) is 0 Å². The highest BCUT2D eigenvalue weighted by atomic mass is 16.3. The molecule has 0 fully saturated rings. The van der Waals surface area contributed by atoms with Crippen LogP contribution in [0.1, 0.15) is 19.4 Å². The monoisotopic (exact) mass is 258 g/mol. The summed E-state index contributed by atoms with van der Waals surface area (Å²) in [5, 5.41) is 11.6. The second kappa shape index (κ2) is 5.27. The molecule has 3 heteroatoms. The zero-order valence-corrected chi connectivity index (χ0v) is 12.1. The zero-order valence-electron chi connectivity index (χ0n) is 12.1. The minimum atomic E-state index is -0.423. The Balaban J connectivity index is 2.32. The summed E-state index contributed by atoms with van der Waals surface area (Å²) in [5.74, 6) is 0. The number of likely N-dealkylation sites (N-methyl/N-ethyl adjacent to an activating group) is 1. The lowest BCUT2D eigenvalue weighted by molar-refractivity contribution is 0.0184. The molecule has 1 heterocycles. The van der Waals surface area contributed by atoms with Crippen LogP contribution in [0.25, 0.3) is 10.9 Å². The van der Waals surface area contributed by atoms with Crippen molar-refractivity contribution in [3.05, 3.63) is 42.1 Å². The van der Waals surface area contributed by atoms with Gasteiger partial charge in [0.05, 0.1) is 11.6 Å². The number of para-hydroxylation sites is 1. The van der Waals surface area contributed by atoms with Crippen LogP contribution in [0, 0.1) is 0 Å². The Kier molecular flexibility index (Phi) is 3.88. The topological polar surface area (TPSA) is 36.4 Å². The standard InChI is InChI=1S/C16H22N2O/c1-16(2,18(3)4)15(19)11-12-9-10-17-14-8-6-5-7-13(12)14/h5-10,15,19H,11H2,1-4H3. The molecule has 3 nitrogen and oxygen atoms in total. The van der Waals surface area contributed by atoms with Crippen molar-refractivity contribution in [3.63, 3.8) is 0 Å². The molecule has 1 N–H and O–H groups in total. The number of benzene rings is 1. The van der Waals surface area contributed by atoms with E-state index in [0.717, 1.165) is 16.5 Å². The molecule has 2 rings (SSSR count). The van der Waals surface area contributed by atoms with Crippen LogP contribution in [0.2, 0.25) is 0 Å². The third-order valence-electron chi connectivity index (χ3n) is 4.12. The van der Waals surface area contributed by atoms with Crippen LogP contribution in [-0.4, -0.2) is 40.7 Å². The summed E-state index contributed by atoms with van der Waals surface area (Å²) < 4.78 is 0. The van der Waals surface area contributed by atoms with E-state index in [9.17, 15) is 5.11 Å². The van der Waals surface area contributed by atoms with Crippen LogP contribution in [0.15, 0.2) is 36.5 Å². The lowest BCUT2D eigenvalue weighted by atomic mass is 9.90. The van der Waals surface area contributed by atoms with Gasteiger partial charge < -0.3 is 10.0 Å². The summed E-state index contributed by atoms with van der Waals surface area (Å²) in [7, 11) is 3.99. The molecule has 0 amide bonds. The molecule has 0 saturated carbocycles. The van der Waals surface area contributed by atoms with Crippen LogP contribution in [0.3, 0.4) is 0 Å². The smallest absolute Gasteiger partial charge is 0.0758 e. The lowest BCUT2D eigenvalue weighted by Crippen LogP contribution is -2.49. The van der Waals surface area contributed by atoms with Crippen molar-refractivity contribution in [2.24, 2.45) is 0 Å². The molecular weight excluding hydrogens is 236 g/mol. The molecule has 0 aliphatic rings. The number of aliphatic hydroxyl groups excluding tert-OH is 1. The fourth-order valence-electron chi connectivity index (χ4n) is 2.09. The fourth-order valence-corrected chi connectivity index (χ4v) is 2.09. The van der Waals surface area contributed by atoms with E-state index in [1.165, 1.54) is 0 Å². The molecule has 102 valence electrons. The van der Waals surface area contributed by atoms with Crippen LogP contribution in [-0.2, 0) is 6.42 Å². The first-order valence-corrected chi connectivity index (χ1v) is 6.61. The first kappa shape index (κ1) is 14.0. The predicted octanol–water partition coefficient (Wildman–Crippen LogP) is 2.48. The summed E-state index contributed by atoms with van der Waals surface area (Å²) in [6.07, 6.45) is 2.02. The van der Waals surface area contributed by atoms with Gasteiger partial charge in [-0.05, 0) is 45.6 Å². The number of hydrogen-bond donors (Lipinski definition) is 1. The van der Waals surface area contributed by atoms with Crippen molar-refractivity contribution in [2.45, 2.75) is 31.9 Å². The number of fused-ring (bicyclic) bond motifs is 1. The van der Waals surface area contributed by atoms with Crippen molar-refractivity contribution >= 4 is 10.9 Å². The molecule has 0 aliphatic carbocycles. The molecule has 0 spiro atoms. The van der Waals surface area contributed by atoms with Gasteiger partial charge in [-0.15, -0.1) is 0 Å². The normalized spacial score (nSPS) is 14.0. The number of nitrogens with zero attached hydrogens (tertiary/aromatic N) is 2. The van der Waals surface area contributed by atoms with E-state index in [1.807, 2.05) is 44.6 Å². The van der Waals surface area contributed by atoms with E-state index in [4.69, 9.17) is 0 Å². The molecular formula is C16H22N2O. The van der Waals surface area contributed by atoms with Crippen LogP contribution >= 0.6 is 0 Å². The molecule has 2 aromatic rings. The van der Waals surface area contributed by atoms with Crippen molar-refractivity contribution < 1.29 is 5.11 Å². The fraction of sp³-hybridized carbons (Fsp3) is 0.438. The van der Waals surface area contributed by atoms with Gasteiger partial charge in [-0.1, -0.05) is 18.2 Å². The first-order chi connectivity index (χ1) is 8.93. The van der Waals surface area contributed by atoms with Crippen molar-refractivity contribution in [2.75, 3.05) is 14.1 Å². The van der Waals surface area contributed by atoms with Gasteiger partial charge in [0.15, 0.2) is 0 Å². The predicted molar refractivity (Wildman–Crippen MR) is 79.2 cm³/mol. The van der Waals surface area contributed by atoms with Crippen molar-refractivity contribution in [1.29, 1.82) is 0 Å². The van der Waals surface area contributed by atoms with E-state index in [2.05, 4.69) is 29.8 Å². The third kappa shape index (κ3) is 2.77. The number of pyridine rings is 1. The van der Waals surface area contributed by atoms with Gasteiger partial charge in [-0.3, -0.25) is 4.98 Å². The maximum Gasteiger partial charge on any atom is 0.0758 e. The molecule has 0 bridgehead atoms. The third-order valence-corrected chi connectivity index (χ3v) is 4.12. The van der Waals surface area contributed by atoms with Gasteiger partial charge in [-0.2, -0.15) is 0 Å². The summed E-state index contributed by atoms with van der Waals surface area (Å²) in [5.41, 5.74) is 1.87. The molecule has 1 unspecified atom stereocenters. The van der Waals surface area contributed by atoms with Gasteiger partial charge in [0.2, 0.25) is 0 Å². The van der Waals surface area contributed by atoms with E-state index in [-0.39, 0.29) is 5.54 Å². The Bertz CT molecular complexity index is 558. The highest BCUT2D eigenvalue weighted by Crippen LogP contribution is 2.23. The molecule has 1 aromatic carbocycles. The Labute approximate surface area is 114 Å². The summed E-state index contributed by atoms with van der Waals surface area (Å²) >= 11 is 0. The van der Waals surface area contributed by atoms with E-state index >= 15 is 0 Å². The summed E-state index contributed by atoms with van der Waals surface area (Å²) in [4.78, 5) is 6.41. The highest BCUT2D eigenvalue weighted by Gasteiger charge is 2.30. The molecule has 0 aliphatic heterocycles. The van der Waals surface area contributed by atoms with Crippen LogP contribution < -0.4 is 0 Å². The molecule has 1 aromatic heterocycles. The Morgan fingerprint density at radius 3 is 2.58 bits per heavy atom. The SMILES string of the molecule is CN(C)C(C)(C)C(O)Cc1ccnc2ccccc12. The second-order valence-electron chi connectivity index (χ2n) is 5.76. The average Bonchev–Trinajstić information content (AvgIpc) is 2.39. The largest absolute Gasteiger partial charge is 0.391 e. The van der Waals surface area contributed by atoms with Gasteiger partial charge in [0.25, 0.3) is 0 Å². The van der Waals surface area contributed by atoms with Gasteiger partial charge in [-0.25, -0.2) is 0 Å². The second-order valence-corrected chi connectivity index (χ2v) is 5.76. The minimum absolute atomic E-state index is 0.260. The molecule has 0 saturated heterocycles. The molecule has 0 radical (unpaired) electrons. The summed E-state index contributed by atoms with van der Waals surface area (Å²) in [6, 6.07) is 10.1. The zero-order chi connectivity index (χ0) is 14.0. The highest BCUT2D eigenvalue weighted by molar-refractivity contribution is 5.81. The first-order valence-electron chi connectivity index (χ1n) is 6.61.